The molecule has 5 nitrogen and oxygen atoms in total. The third kappa shape index (κ3) is 5.05. The largest absolute Gasteiger partial charge is 0.495 e. The van der Waals surface area contributed by atoms with Crippen molar-refractivity contribution >= 4 is 11.6 Å². The molecule has 0 aromatic heterocycles. The van der Waals surface area contributed by atoms with Crippen molar-refractivity contribution in [2.75, 3.05) is 38.2 Å². The fourth-order valence-electron chi connectivity index (χ4n) is 2.97. The lowest BCUT2D eigenvalue weighted by Gasteiger charge is -2.21. The highest BCUT2D eigenvalue weighted by Crippen LogP contribution is 2.31. The van der Waals surface area contributed by atoms with E-state index < -0.39 is 0 Å². The van der Waals surface area contributed by atoms with E-state index in [0.717, 1.165) is 44.3 Å². The molecule has 2 atom stereocenters. The fourth-order valence-corrected chi connectivity index (χ4v) is 2.97. The maximum absolute atomic E-state index is 5.49. The Balaban J connectivity index is 1.93. The molecule has 0 radical (unpaired) electrons. The average molecular weight is 332 g/mol. The van der Waals surface area contributed by atoms with Gasteiger partial charge in [0.1, 0.15) is 5.75 Å². The van der Waals surface area contributed by atoms with Crippen molar-refractivity contribution in [2.45, 2.75) is 39.7 Å². The third-order valence-electron chi connectivity index (χ3n) is 4.56. The van der Waals surface area contributed by atoms with Crippen LogP contribution in [0, 0.1) is 5.92 Å². The molecule has 134 valence electrons. The summed E-state index contributed by atoms with van der Waals surface area (Å²) < 4.78 is 5.49. The topological polar surface area (TPSA) is 48.9 Å². The van der Waals surface area contributed by atoms with E-state index in [4.69, 9.17) is 9.73 Å². The first-order valence-electron chi connectivity index (χ1n) is 9.10. The summed E-state index contributed by atoms with van der Waals surface area (Å²) in [6.45, 7) is 10.3. The molecule has 2 N–H and O–H groups in total. The normalized spacial score (nSPS) is 19.2. The van der Waals surface area contributed by atoms with E-state index in [9.17, 15) is 0 Å². The van der Waals surface area contributed by atoms with Gasteiger partial charge >= 0.3 is 0 Å². The quantitative estimate of drug-likeness (QED) is 0.595. The Kier molecular flexibility index (Phi) is 7.22. The Morgan fingerprint density at radius 1 is 1.38 bits per heavy atom. The number of nitrogens with one attached hydrogen (secondary N) is 2. The summed E-state index contributed by atoms with van der Waals surface area (Å²) in [5.74, 6) is 2.47. The first-order valence-corrected chi connectivity index (χ1v) is 9.10. The zero-order valence-electron chi connectivity index (χ0n) is 15.5. The second kappa shape index (κ2) is 9.40. The summed E-state index contributed by atoms with van der Waals surface area (Å²) in [6.07, 6.45) is 2.26. The van der Waals surface area contributed by atoms with Crippen molar-refractivity contribution in [3.8, 4) is 5.75 Å². The highest BCUT2D eigenvalue weighted by atomic mass is 16.5. The van der Waals surface area contributed by atoms with Crippen LogP contribution in [-0.2, 0) is 0 Å². The van der Waals surface area contributed by atoms with Gasteiger partial charge in [0.05, 0.1) is 12.8 Å². The molecule has 24 heavy (non-hydrogen) atoms. The number of ether oxygens (including phenoxy) is 1. The number of anilines is 1. The zero-order valence-corrected chi connectivity index (χ0v) is 15.5. The maximum Gasteiger partial charge on any atom is 0.191 e. The molecule has 2 unspecified atom stereocenters. The molecule has 0 amide bonds. The van der Waals surface area contributed by atoms with Crippen molar-refractivity contribution in [1.29, 1.82) is 0 Å². The predicted octanol–water partition coefficient (Wildman–Crippen LogP) is 2.88. The van der Waals surface area contributed by atoms with Gasteiger partial charge in [-0.3, -0.25) is 4.99 Å². The summed E-state index contributed by atoms with van der Waals surface area (Å²) >= 11 is 0. The molecule has 0 bridgehead atoms. The molecule has 1 fully saturated rings. The molecule has 2 rings (SSSR count). The van der Waals surface area contributed by atoms with E-state index in [1.54, 1.807) is 7.11 Å². The van der Waals surface area contributed by atoms with E-state index >= 15 is 0 Å². The van der Waals surface area contributed by atoms with Crippen LogP contribution in [0.25, 0.3) is 0 Å². The molecule has 1 aromatic rings. The van der Waals surface area contributed by atoms with Gasteiger partial charge in [-0.15, -0.1) is 0 Å². The Bertz CT molecular complexity index is 532. The Labute approximate surface area is 146 Å². The lowest BCUT2D eigenvalue weighted by atomic mass is 10.1. The molecular weight excluding hydrogens is 300 g/mol. The summed E-state index contributed by atoms with van der Waals surface area (Å²) in [5, 5.41) is 6.80. The van der Waals surface area contributed by atoms with Crippen LogP contribution in [0.5, 0.6) is 5.75 Å². The molecular formula is C19H32N4O. The van der Waals surface area contributed by atoms with Crippen LogP contribution in [0.2, 0.25) is 0 Å². The van der Waals surface area contributed by atoms with Crippen LogP contribution in [0.3, 0.4) is 0 Å². The number of guanidine groups is 1. The second-order valence-corrected chi connectivity index (χ2v) is 6.45. The minimum absolute atomic E-state index is 0.441. The minimum Gasteiger partial charge on any atom is -0.495 e. The van der Waals surface area contributed by atoms with Crippen molar-refractivity contribution in [3.63, 3.8) is 0 Å². The van der Waals surface area contributed by atoms with Gasteiger partial charge in [0, 0.05) is 32.2 Å². The molecule has 1 aliphatic rings. The van der Waals surface area contributed by atoms with Crippen molar-refractivity contribution in [1.82, 2.24) is 10.6 Å². The lowest BCUT2D eigenvalue weighted by molar-refractivity contribution is 0.414. The summed E-state index contributed by atoms with van der Waals surface area (Å²) in [4.78, 5) is 7.20. The number of rotatable bonds is 7. The number of para-hydroxylation sites is 2. The number of hydrogen-bond donors (Lipinski definition) is 2. The zero-order chi connectivity index (χ0) is 17.4. The third-order valence-corrected chi connectivity index (χ3v) is 4.56. The average Bonchev–Trinajstić information content (AvgIpc) is 3.08. The Morgan fingerprint density at radius 3 is 2.88 bits per heavy atom. The molecule has 5 heteroatoms. The molecule has 1 aliphatic heterocycles. The van der Waals surface area contributed by atoms with E-state index in [1.807, 2.05) is 12.1 Å². The number of benzene rings is 1. The summed E-state index contributed by atoms with van der Waals surface area (Å²) in [5.41, 5.74) is 1.19. The van der Waals surface area contributed by atoms with Crippen molar-refractivity contribution in [2.24, 2.45) is 10.9 Å². The van der Waals surface area contributed by atoms with Crippen LogP contribution in [-0.4, -0.2) is 45.3 Å². The number of nitrogens with zero attached hydrogens (tertiary/aromatic N) is 2. The predicted molar refractivity (Wildman–Crippen MR) is 102 cm³/mol. The first-order chi connectivity index (χ1) is 11.7. The monoisotopic (exact) mass is 332 g/mol. The summed E-state index contributed by atoms with van der Waals surface area (Å²) in [7, 11) is 1.74. The van der Waals surface area contributed by atoms with Crippen LogP contribution < -0.4 is 20.3 Å². The molecule has 0 aliphatic carbocycles. The van der Waals surface area contributed by atoms with Gasteiger partial charge in [-0.25, -0.2) is 0 Å². The van der Waals surface area contributed by atoms with Gasteiger partial charge in [-0.05, 0) is 44.7 Å². The second-order valence-electron chi connectivity index (χ2n) is 6.45. The van der Waals surface area contributed by atoms with Crippen LogP contribution >= 0.6 is 0 Å². The molecule has 0 saturated carbocycles. The minimum atomic E-state index is 0.441. The summed E-state index contributed by atoms with van der Waals surface area (Å²) in [6, 6.07) is 8.70. The van der Waals surface area contributed by atoms with Crippen LogP contribution in [0.1, 0.15) is 33.6 Å². The Hall–Kier alpha value is -1.91. The standard InChI is InChI=1S/C19H32N4O/c1-5-15(3)22-19(20-6-2)21-13-16-11-12-23(14-16)17-9-7-8-10-18(17)24-4/h7-10,15-16H,5-6,11-14H2,1-4H3,(H2,20,21,22). The first kappa shape index (κ1) is 18.4. The Morgan fingerprint density at radius 2 is 2.17 bits per heavy atom. The fraction of sp³-hybridized carbons (Fsp3) is 0.632. The number of aliphatic imine (C=N–C) groups is 1. The maximum atomic E-state index is 5.49. The van der Waals surface area contributed by atoms with Crippen LogP contribution in [0.15, 0.2) is 29.3 Å². The van der Waals surface area contributed by atoms with Crippen LogP contribution in [0.4, 0.5) is 5.69 Å². The highest BCUT2D eigenvalue weighted by Gasteiger charge is 2.24. The van der Waals surface area contributed by atoms with Crippen molar-refractivity contribution in [3.05, 3.63) is 24.3 Å². The SMILES string of the molecule is CCNC(=NCC1CCN(c2ccccc2OC)C1)NC(C)CC. The van der Waals surface area contributed by atoms with E-state index in [1.165, 1.54) is 12.1 Å². The number of methoxy groups -OCH3 is 1. The van der Waals surface area contributed by atoms with E-state index in [2.05, 4.69) is 48.4 Å². The molecule has 1 saturated heterocycles. The van der Waals surface area contributed by atoms with Gasteiger partial charge in [0.15, 0.2) is 5.96 Å². The van der Waals surface area contributed by atoms with E-state index in [0.29, 0.717) is 12.0 Å². The van der Waals surface area contributed by atoms with Gasteiger partial charge < -0.3 is 20.3 Å². The molecule has 0 spiro atoms. The van der Waals surface area contributed by atoms with E-state index in [-0.39, 0.29) is 0 Å². The molecule has 1 aromatic carbocycles. The smallest absolute Gasteiger partial charge is 0.191 e. The number of hydrogen-bond acceptors (Lipinski definition) is 3. The van der Waals surface area contributed by atoms with Gasteiger partial charge in [0.2, 0.25) is 0 Å². The lowest BCUT2D eigenvalue weighted by Crippen LogP contribution is -2.42. The van der Waals surface area contributed by atoms with Gasteiger partial charge in [-0.2, -0.15) is 0 Å². The molecule has 1 heterocycles. The van der Waals surface area contributed by atoms with Gasteiger partial charge in [0.25, 0.3) is 0 Å². The van der Waals surface area contributed by atoms with Crippen molar-refractivity contribution < 1.29 is 4.74 Å². The van der Waals surface area contributed by atoms with Gasteiger partial charge in [-0.1, -0.05) is 19.1 Å². The highest BCUT2D eigenvalue weighted by molar-refractivity contribution is 5.80.